The van der Waals surface area contributed by atoms with Crippen molar-refractivity contribution in [2.45, 2.75) is 55.8 Å². The van der Waals surface area contributed by atoms with Crippen LogP contribution in [0.15, 0.2) is 47.5 Å². The topological polar surface area (TPSA) is 132 Å². The van der Waals surface area contributed by atoms with Crippen molar-refractivity contribution in [1.29, 1.82) is 0 Å². The van der Waals surface area contributed by atoms with Gasteiger partial charge in [-0.05, 0) is 55.2 Å². The molecule has 2 heterocycles. The summed E-state index contributed by atoms with van der Waals surface area (Å²) in [6.45, 7) is 1.98. The number of benzene rings is 1. The Kier molecular flexibility index (Phi) is 7.64. The second-order valence-corrected chi connectivity index (χ2v) is 9.69. The molecular formula is C22H24F3N3O5S. The van der Waals surface area contributed by atoms with Crippen molar-refractivity contribution in [3.05, 3.63) is 48.3 Å². The van der Waals surface area contributed by atoms with Crippen molar-refractivity contribution in [3.8, 4) is 11.1 Å². The number of aliphatic carboxylic acids is 1. The highest BCUT2D eigenvalue weighted by Crippen LogP contribution is 2.29. The van der Waals surface area contributed by atoms with Crippen LogP contribution >= 0.6 is 0 Å². The summed E-state index contributed by atoms with van der Waals surface area (Å²) in [7, 11) is -3.66. The maximum absolute atomic E-state index is 12.7. The molecule has 1 fully saturated rings. The monoisotopic (exact) mass is 499 g/mol. The lowest BCUT2D eigenvalue weighted by Crippen LogP contribution is -2.44. The summed E-state index contributed by atoms with van der Waals surface area (Å²) in [4.78, 5) is 16.6. The molecule has 184 valence electrons. The maximum Gasteiger partial charge on any atom is 0.490 e. The second kappa shape index (κ2) is 10.1. The molecule has 0 saturated heterocycles. The van der Waals surface area contributed by atoms with E-state index in [4.69, 9.17) is 9.90 Å². The number of carboxylic acid groups (broad SMARTS) is 1. The Balaban J connectivity index is 0.000000406. The minimum Gasteiger partial charge on any atom is -0.475 e. The number of hydrogen-bond acceptors (Lipinski definition) is 5. The number of H-pyrrole nitrogens is 1. The lowest BCUT2D eigenvalue weighted by Gasteiger charge is -2.28. The van der Waals surface area contributed by atoms with Gasteiger partial charge in [-0.3, -0.25) is 0 Å². The van der Waals surface area contributed by atoms with Gasteiger partial charge in [0.05, 0.1) is 11.0 Å². The summed E-state index contributed by atoms with van der Waals surface area (Å²) in [6, 6.07) is 10.4. The standard InChI is InChI=1S/C20H23N3O3S.C2HF3O2/c1-13-12-17-16(10-11-21-20(17)22-13)14-6-8-15(9-7-14)27(25,26)23-18-4-2-3-5-19(18)24;3-2(4,5)1(6)7/h6-12,18-19,23-24H,2-5H2,1H3,(H,21,22);(H,6,7)/t18-,19-;/m0./s1. The van der Waals surface area contributed by atoms with Crippen LogP contribution in [0.4, 0.5) is 13.2 Å². The summed E-state index contributed by atoms with van der Waals surface area (Å²) in [5, 5.41) is 18.2. The van der Waals surface area contributed by atoms with Crippen LogP contribution in [0, 0.1) is 6.92 Å². The molecule has 4 N–H and O–H groups in total. The molecule has 12 heteroatoms. The molecule has 0 spiro atoms. The number of nitrogens with one attached hydrogen (secondary N) is 2. The highest BCUT2D eigenvalue weighted by Gasteiger charge is 2.38. The van der Waals surface area contributed by atoms with Crippen LogP contribution in [-0.2, 0) is 14.8 Å². The Morgan fingerprint density at radius 1 is 1.15 bits per heavy atom. The molecule has 0 radical (unpaired) electrons. The van der Waals surface area contributed by atoms with E-state index in [1.54, 1.807) is 18.3 Å². The third-order valence-electron chi connectivity index (χ3n) is 5.42. The normalized spacial score (nSPS) is 18.9. The lowest BCUT2D eigenvalue weighted by atomic mass is 9.93. The maximum atomic E-state index is 12.7. The van der Waals surface area contributed by atoms with Gasteiger partial charge in [-0.1, -0.05) is 25.0 Å². The molecule has 34 heavy (non-hydrogen) atoms. The molecule has 0 aliphatic heterocycles. The number of aromatic nitrogens is 2. The first-order valence-corrected chi connectivity index (χ1v) is 11.9. The van der Waals surface area contributed by atoms with E-state index in [0.29, 0.717) is 12.8 Å². The van der Waals surface area contributed by atoms with Gasteiger partial charge in [0.15, 0.2) is 0 Å². The molecule has 1 aliphatic carbocycles. The van der Waals surface area contributed by atoms with E-state index < -0.39 is 34.3 Å². The average molecular weight is 500 g/mol. The number of rotatable bonds is 4. The van der Waals surface area contributed by atoms with Crippen molar-refractivity contribution >= 4 is 27.0 Å². The number of aliphatic hydroxyl groups excluding tert-OH is 1. The van der Waals surface area contributed by atoms with Gasteiger partial charge in [-0.15, -0.1) is 0 Å². The number of pyridine rings is 1. The van der Waals surface area contributed by atoms with Crippen LogP contribution in [0.25, 0.3) is 22.2 Å². The molecule has 0 bridgehead atoms. The first-order valence-electron chi connectivity index (χ1n) is 10.4. The summed E-state index contributed by atoms with van der Waals surface area (Å²) in [6.07, 6.45) is -0.787. The van der Waals surface area contributed by atoms with E-state index in [2.05, 4.69) is 14.7 Å². The lowest BCUT2D eigenvalue weighted by molar-refractivity contribution is -0.192. The smallest absolute Gasteiger partial charge is 0.475 e. The third-order valence-corrected chi connectivity index (χ3v) is 6.93. The Labute approximate surface area is 193 Å². The SMILES string of the molecule is Cc1cc2c(-c3ccc(S(=O)(=O)N[C@H]4CCCC[C@@H]4O)cc3)ccnc2[nH]1.O=C(O)C(F)(F)F. The van der Waals surface area contributed by atoms with Crippen LogP contribution in [0.5, 0.6) is 0 Å². The molecule has 4 rings (SSSR count). The fraction of sp³-hybridized carbons (Fsp3) is 0.364. The highest BCUT2D eigenvalue weighted by molar-refractivity contribution is 7.89. The molecule has 3 aromatic rings. The Hall–Kier alpha value is -2.96. The van der Waals surface area contributed by atoms with Gasteiger partial charge in [0, 0.05) is 23.3 Å². The minimum atomic E-state index is -5.08. The fourth-order valence-corrected chi connectivity index (χ4v) is 5.04. The van der Waals surface area contributed by atoms with Crippen LogP contribution < -0.4 is 4.72 Å². The van der Waals surface area contributed by atoms with Gasteiger partial charge in [0.25, 0.3) is 0 Å². The van der Waals surface area contributed by atoms with Crippen LogP contribution in [0.3, 0.4) is 0 Å². The number of carboxylic acids is 1. The average Bonchev–Trinajstić information content (AvgIpc) is 3.15. The van der Waals surface area contributed by atoms with E-state index in [1.807, 2.05) is 31.2 Å². The van der Waals surface area contributed by atoms with Gasteiger partial charge in [-0.25, -0.2) is 22.9 Å². The molecule has 2 atom stereocenters. The number of hydrogen-bond donors (Lipinski definition) is 4. The van der Waals surface area contributed by atoms with Gasteiger partial charge >= 0.3 is 12.1 Å². The van der Waals surface area contributed by atoms with Gasteiger partial charge < -0.3 is 15.2 Å². The number of aromatic amines is 1. The van der Waals surface area contributed by atoms with Crippen molar-refractivity contribution in [1.82, 2.24) is 14.7 Å². The van der Waals surface area contributed by atoms with Crippen LogP contribution in [0.1, 0.15) is 31.4 Å². The number of carbonyl (C=O) groups is 1. The molecule has 1 aromatic carbocycles. The van der Waals surface area contributed by atoms with Gasteiger partial charge in [0.2, 0.25) is 10.0 Å². The number of nitrogens with zero attached hydrogens (tertiary/aromatic N) is 1. The first kappa shape index (κ1) is 25.7. The molecule has 2 aromatic heterocycles. The van der Waals surface area contributed by atoms with Crippen molar-refractivity contribution < 1.29 is 36.6 Å². The van der Waals surface area contributed by atoms with Crippen molar-refractivity contribution in [2.24, 2.45) is 0 Å². The number of sulfonamides is 1. The zero-order valence-electron chi connectivity index (χ0n) is 18.1. The number of alkyl halides is 3. The van der Waals surface area contributed by atoms with Gasteiger partial charge in [-0.2, -0.15) is 13.2 Å². The Bertz CT molecular complexity index is 1260. The van der Waals surface area contributed by atoms with Crippen LogP contribution in [-0.4, -0.2) is 52.9 Å². The number of fused-ring (bicyclic) bond motifs is 1. The molecule has 8 nitrogen and oxygen atoms in total. The zero-order valence-corrected chi connectivity index (χ0v) is 18.9. The zero-order chi connectivity index (χ0) is 25.1. The highest BCUT2D eigenvalue weighted by atomic mass is 32.2. The summed E-state index contributed by atoms with van der Waals surface area (Å²) < 4.78 is 59.7. The van der Waals surface area contributed by atoms with E-state index in [0.717, 1.165) is 40.7 Å². The molecule has 0 amide bonds. The predicted octanol–water partition coefficient (Wildman–Crippen LogP) is 3.75. The fourth-order valence-electron chi connectivity index (χ4n) is 3.74. The van der Waals surface area contributed by atoms with E-state index >= 15 is 0 Å². The predicted molar refractivity (Wildman–Crippen MR) is 119 cm³/mol. The van der Waals surface area contributed by atoms with Crippen LogP contribution in [0.2, 0.25) is 0 Å². The van der Waals surface area contributed by atoms with Crippen molar-refractivity contribution in [2.75, 3.05) is 0 Å². The summed E-state index contributed by atoms with van der Waals surface area (Å²) in [5.41, 5.74) is 3.77. The van der Waals surface area contributed by atoms with E-state index in [1.165, 1.54) is 0 Å². The Morgan fingerprint density at radius 2 is 1.76 bits per heavy atom. The number of aryl methyl sites for hydroxylation is 1. The third kappa shape index (κ3) is 6.13. The van der Waals surface area contributed by atoms with E-state index in [-0.39, 0.29) is 4.90 Å². The minimum absolute atomic E-state index is 0.208. The summed E-state index contributed by atoms with van der Waals surface area (Å²) >= 11 is 0. The molecular weight excluding hydrogens is 475 g/mol. The summed E-state index contributed by atoms with van der Waals surface area (Å²) in [5.74, 6) is -2.76. The molecule has 1 saturated carbocycles. The van der Waals surface area contributed by atoms with Crippen molar-refractivity contribution in [3.63, 3.8) is 0 Å². The number of aliphatic hydroxyl groups is 1. The van der Waals surface area contributed by atoms with E-state index in [9.17, 15) is 26.7 Å². The first-order chi connectivity index (χ1) is 15.9. The second-order valence-electron chi connectivity index (χ2n) is 7.98. The quantitative estimate of drug-likeness (QED) is 0.432. The Morgan fingerprint density at radius 3 is 2.35 bits per heavy atom. The molecule has 0 unspecified atom stereocenters. The largest absolute Gasteiger partial charge is 0.490 e. The van der Waals surface area contributed by atoms with Gasteiger partial charge in [0.1, 0.15) is 5.65 Å². The number of halogens is 3. The molecule has 1 aliphatic rings.